The molecule has 2 aromatic carbocycles. The fourth-order valence-corrected chi connectivity index (χ4v) is 4.12. The number of fused-ring (bicyclic) bond motifs is 1. The second kappa shape index (κ2) is 9.69. The summed E-state index contributed by atoms with van der Waals surface area (Å²) in [6.07, 6.45) is 3.53. The maximum absolute atomic E-state index is 12.5. The molecule has 0 saturated heterocycles. The fraction of sp³-hybridized carbons (Fsp3) is 0.217. The number of benzene rings is 2. The van der Waals surface area contributed by atoms with Crippen LogP contribution in [0.25, 0.3) is 11.0 Å². The Balaban J connectivity index is 1.27. The van der Waals surface area contributed by atoms with Crippen molar-refractivity contribution < 1.29 is 9.59 Å². The molecular weight excluding hydrogens is 424 g/mol. The van der Waals surface area contributed by atoms with Gasteiger partial charge in [-0.25, -0.2) is 9.97 Å². The number of para-hydroxylation sites is 2. The molecule has 2 N–H and O–H groups in total. The Morgan fingerprint density at radius 1 is 1.09 bits per heavy atom. The molecule has 4 rings (SSSR count). The van der Waals surface area contributed by atoms with E-state index in [0.717, 1.165) is 22.0 Å². The smallest absolute Gasteiger partial charge is 0.251 e. The van der Waals surface area contributed by atoms with Crippen LogP contribution in [0.4, 0.5) is 5.69 Å². The van der Waals surface area contributed by atoms with Crippen LogP contribution in [0.1, 0.15) is 16.2 Å². The van der Waals surface area contributed by atoms with Gasteiger partial charge in [-0.1, -0.05) is 23.9 Å². The molecule has 0 bridgehead atoms. The van der Waals surface area contributed by atoms with Crippen molar-refractivity contribution in [3.63, 3.8) is 0 Å². The third-order valence-corrected chi connectivity index (χ3v) is 6.06. The van der Waals surface area contributed by atoms with E-state index in [1.54, 1.807) is 30.5 Å². The molecule has 4 aromatic rings. The zero-order valence-corrected chi connectivity index (χ0v) is 18.7. The van der Waals surface area contributed by atoms with Crippen molar-refractivity contribution in [1.82, 2.24) is 24.4 Å². The summed E-state index contributed by atoms with van der Waals surface area (Å²) in [4.78, 5) is 33.4. The molecule has 164 valence electrons. The molecule has 2 heterocycles. The minimum absolute atomic E-state index is 0.127. The van der Waals surface area contributed by atoms with Gasteiger partial charge in [-0.15, -0.1) is 0 Å². The van der Waals surface area contributed by atoms with Crippen LogP contribution in [0.15, 0.2) is 66.1 Å². The Morgan fingerprint density at radius 3 is 2.62 bits per heavy atom. The van der Waals surface area contributed by atoms with Gasteiger partial charge in [-0.2, -0.15) is 0 Å². The van der Waals surface area contributed by atoms with Gasteiger partial charge < -0.3 is 19.8 Å². The zero-order chi connectivity index (χ0) is 22.5. The molecule has 0 saturated carbocycles. The molecule has 9 heteroatoms. The SMILES string of the molecule is Cc1nc2ccccc2n1CCNC(=O)c1ccc(NC(=O)CSc2nccn2C)cc1. The molecule has 0 aliphatic rings. The lowest BCUT2D eigenvalue weighted by molar-refractivity contribution is -0.113. The van der Waals surface area contributed by atoms with Crippen molar-refractivity contribution in [3.05, 3.63) is 72.3 Å². The summed E-state index contributed by atoms with van der Waals surface area (Å²) < 4.78 is 3.96. The summed E-state index contributed by atoms with van der Waals surface area (Å²) in [5.74, 6) is 0.894. The van der Waals surface area contributed by atoms with E-state index in [4.69, 9.17) is 0 Å². The van der Waals surface area contributed by atoms with Crippen LogP contribution in [-0.4, -0.2) is 43.2 Å². The highest BCUT2D eigenvalue weighted by Crippen LogP contribution is 2.16. The Kier molecular flexibility index (Phi) is 6.55. The maximum atomic E-state index is 12.5. The minimum Gasteiger partial charge on any atom is -0.350 e. The zero-order valence-electron chi connectivity index (χ0n) is 17.9. The number of nitrogens with one attached hydrogen (secondary N) is 2. The molecule has 0 unspecified atom stereocenters. The van der Waals surface area contributed by atoms with E-state index in [9.17, 15) is 9.59 Å². The van der Waals surface area contributed by atoms with Crippen molar-refractivity contribution >= 4 is 40.3 Å². The van der Waals surface area contributed by atoms with Crippen LogP contribution in [0, 0.1) is 6.92 Å². The first kappa shape index (κ1) is 21.6. The van der Waals surface area contributed by atoms with E-state index in [-0.39, 0.29) is 17.6 Å². The Morgan fingerprint density at radius 2 is 1.88 bits per heavy atom. The number of rotatable bonds is 8. The van der Waals surface area contributed by atoms with E-state index in [2.05, 4.69) is 25.2 Å². The Bertz CT molecular complexity index is 1250. The van der Waals surface area contributed by atoms with Gasteiger partial charge in [0.15, 0.2) is 5.16 Å². The normalized spacial score (nSPS) is 10.9. The van der Waals surface area contributed by atoms with Gasteiger partial charge in [-0.3, -0.25) is 9.59 Å². The molecule has 0 aliphatic carbocycles. The van der Waals surface area contributed by atoms with E-state index >= 15 is 0 Å². The number of thioether (sulfide) groups is 1. The lowest BCUT2D eigenvalue weighted by Gasteiger charge is -2.10. The summed E-state index contributed by atoms with van der Waals surface area (Å²) in [6.45, 7) is 3.09. The van der Waals surface area contributed by atoms with Gasteiger partial charge in [0.2, 0.25) is 5.91 Å². The average Bonchev–Trinajstić information content (AvgIpc) is 3.34. The summed E-state index contributed by atoms with van der Waals surface area (Å²) in [5, 5.41) is 6.56. The van der Waals surface area contributed by atoms with Crippen LogP contribution in [0.2, 0.25) is 0 Å². The lowest BCUT2D eigenvalue weighted by atomic mass is 10.2. The standard InChI is InChI=1S/C23H24N6O2S/c1-16-26-19-5-3-4-6-20(19)29(16)14-12-24-22(31)17-7-9-18(10-8-17)27-21(30)15-32-23-25-11-13-28(23)2/h3-11,13H,12,14-15H2,1-2H3,(H,24,31)(H,27,30). The molecule has 0 fully saturated rings. The van der Waals surface area contributed by atoms with Crippen LogP contribution < -0.4 is 10.6 Å². The van der Waals surface area contributed by atoms with Crippen molar-refractivity contribution in [2.45, 2.75) is 18.6 Å². The predicted molar refractivity (Wildman–Crippen MR) is 126 cm³/mol. The summed E-state index contributed by atoms with van der Waals surface area (Å²) in [7, 11) is 1.88. The molecule has 0 aliphatic heterocycles. The van der Waals surface area contributed by atoms with E-state index in [0.29, 0.717) is 24.3 Å². The lowest BCUT2D eigenvalue weighted by Crippen LogP contribution is -2.27. The Hall–Kier alpha value is -3.59. The number of nitrogens with zero attached hydrogens (tertiary/aromatic N) is 4. The van der Waals surface area contributed by atoms with Crippen LogP contribution in [0.3, 0.4) is 0 Å². The summed E-state index contributed by atoms with van der Waals surface area (Å²) in [6, 6.07) is 14.8. The van der Waals surface area contributed by atoms with Gasteiger partial charge in [0, 0.05) is 43.8 Å². The average molecular weight is 449 g/mol. The van der Waals surface area contributed by atoms with Gasteiger partial charge in [-0.05, 0) is 43.3 Å². The third-order valence-electron chi connectivity index (χ3n) is 5.01. The van der Waals surface area contributed by atoms with E-state index in [1.807, 2.05) is 49.0 Å². The van der Waals surface area contributed by atoms with Gasteiger partial charge >= 0.3 is 0 Å². The number of amides is 2. The topological polar surface area (TPSA) is 93.8 Å². The number of imidazole rings is 2. The first-order valence-electron chi connectivity index (χ1n) is 10.2. The van der Waals surface area contributed by atoms with Gasteiger partial charge in [0.05, 0.1) is 16.8 Å². The van der Waals surface area contributed by atoms with Crippen LogP contribution in [0.5, 0.6) is 0 Å². The highest BCUT2D eigenvalue weighted by molar-refractivity contribution is 7.99. The van der Waals surface area contributed by atoms with Crippen molar-refractivity contribution in [2.24, 2.45) is 7.05 Å². The quantitative estimate of drug-likeness (QED) is 0.404. The summed E-state index contributed by atoms with van der Waals surface area (Å²) >= 11 is 1.37. The molecule has 0 atom stereocenters. The van der Waals surface area contributed by atoms with Crippen molar-refractivity contribution in [1.29, 1.82) is 0 Å². The third kappa shape index (κ3) is 5.00. The van der Waals surface area contributed by atoms with Crippen molar-refractivity contribution in [3.8, 4) is 0 Å². The van der Waals surface area contributed by atoms with Crippen molar-refractivity contribution in [2.75, 3.05) is 17.6 Å². The van der Waals surface area contributed by atoms with Gasteiger partial charge in [0.25, 0.3) is 5.91 Å². The molecular formula is C23H24N6O2S. The maximum Gasteiger partial charge on any atom is 0.251 e. The number of hydrogen-bond acceptors (Lipinski definition) is 5. The number of aryl methyl sites for hydroxylation is 2. The van der Waals surface area contributed by atoms with E-state index < -0.39 is 0 Å². The number of anilines is 1. The number of hydrogen-bond donors (Lipinski definition) is 2. The molecule has 8 nitrogen and oxygen atoms in total. The first-order valence-corrected chi connectivity index (χ1v) is 11.2. The molecule has 2 amide bonds. The highest BCUT2D eigenvalue weighted by Gasteiger charge is 2.10. The molecule has 32 heavy (non-hydrogen) atoms. The summed E-state index contributed by atoms with van der Waals surface area (Å²) in [5.41, 5.74) is 3.19. The highest BCUT2D eigenvalue weighted by atomic mass is 32.2. The molecule has 0 radical (unpaired) electrons. The monoisotopic (exact) mass is 448 g/mol. The number of carbonyl (C=O) groups is 2. The number of carbonyl (C=O) groups excluding carboxylic acids is 2. The van der Waals surface area contributed by atoms with Crippen LogP contribution in [-0.2, 0) is 18.4 Å². The minimum atomic E-state index is -0.157. The van der Waals surface area contributed by atoms with E-state index in [1.165, 1.54) is 11.8 Å². The molecule has 0 spiro atoms. The van der Waals surface area contributed by atoms with Gasteiger partial charge in [0.1, 0.15) is 5.82 Å². The second-order valence-electron chi connectivity index (χ2n) is 7.29. The van der Waals surface area contributed by atoms with Crippen LogP contribution >= 0.6 is 11.8 Å². The largest absolute Gasteiger partial charge is 0.350 e. The second-order valence-corrected chi connectivity index (χ2v) is 8.23. The Labute approximate surface area is 190 Å². The molecule has 2 aromatic heterocycles. The fourth-order valence-electron chi connectivity index (χ4n) is 3.38. The number of aromatic nitrogens is 4. The first-order chi connectivity index (χ1) is 15.5. The predicted octanol–water partition coefficient (Wildman–Crippen LogP) is 3.24.